The van der Waals surface area contributed by atoms with Crippen molar-refractivity contribution in [1.82, 2.24) is 10.2 Å². The molecule has 0 aliphatic rings. The third-order valence-electron chi connectivity index (χ3n) is 4.23. The van der Waals surface area contributed by atoms with Crippen LogP contribution in [0.1, 0.15) is 16.7 Å². The minimum absolute atomic E-state index is 0.0309. The first kappa shape index (κ1) is 21.5. The number of amides is 1. The highest BCUT2D eigenvalue weighted by molar-refractivity contribution is 5.78. The molecular formula is C21H23F2N3O2. The maximum absolute atomic E-state index is 13.6. The van der Waals surface area contributed by atoms with Gasteiger partial charge in [-0.1, -0.05) is 18.2 Å². The normalized spacial score (nSPS) is 10.7. The summed E-state index contributed by atoms with van der Waals surface area (Å²) >= 11 is 0. The van der Waals surface area contributed by atoms with E-state index in [4.69, 9.17) is 10.00 Å². The van der Waals surface area contributed by atoms with E-state index in [1.54, 1.807) is 19.2 Å². The van der Waals surface area contributed by atoms with Gasteiger partial charge in [-0.25, -0.2) is 8.78 Å². The summed E-state index contributed by atoms with van der Waals surface area (Å²) in [6, 6.07) is 12.9. The highest BCUT2D eigenvalue weighted by Crippen LogP contribution is 2.12. The summed E-state index contributed by atoms with van der Waals surface area (Å²) in [5.41, 5.74) is 1.51. The maximum Gasteiger partial charge on any atom is 0.234 e. The van der Waals surface area contributed by atoms with Crippen molar-refractivity contribution in [2.45, 2.75) is 13.0 Å². The number of hydrogen-bond donors (Lipinski definition) is 1. The molecule has 7 heteroatoms. The van der Waals surface area contributed by atoms with Crippen LogP contribution in [0.5, 0.6) is 0 Å². The summed E-state index contributed by atoms with van der Waals surface area (Å²) in [5, 5.41) is 11.6. The van der Waals surface area contributed by atoms with Crippen molar-refractivity contribution in [2.75, 3.05) is 33.4 Å². The first-order valence-electron chi connectivity index (χ1n) is 8.93. The molecule has 28 heavy (non-hydrogen) atoms. The molecule has 0 aromatic heterocycles. The van der Waals surface area contributed by atoms with Crippen LogP contribution < -0.4 is 5.32 Å². The Labute approximate surface area is 163 Å². The molecule has 0 unspecified atom stereocenters. The molecule has 148 valence electrons. The largest absolute Gasteiger partial charge is 0.383 e. The van der Waals surface area contributed by atoms with Crippen molar-refractivity contribution < 1.29 is 18.3 Å². The second kappa shape index (κ2) is 11.1. The Hall–Kier alpha value is -2.82. The smallest absolute Gasteiger partial charge is 0.234 e. The van der Waals surface area contributed by atoms with E-state index in [1.807, 2.05) is 17.0 Å². The summed E-state index contributed by atoms with van der Waals surface area (Å²) in [6.45, 7) is 1.80. The predicted molar refractivity (Wildman–Crippen MR) is 101 cm³/mol. The average Bonchev–Trinajstić information content (AvgIpc) is 2.69. The predicted octanol–water partition coefficient (Wildman–Crippen LogP) is 2.64. The van der Waals surface area contributed by atoms with Gasteiger partial charge in [0.25, 0.3) is 0 Å². The second-order valence-corrected chi connectivity index (χ2v) is 6.31. The monoisotopic (exact) mass is 387 g/mol. The van der Waals surface area contributed by atoms with Crippen molar-refractivity contribution in [3.63, 3.8) is 0 Å². The van der Waals surface area contributed by atoms with E-state index in [0.717, 1.165) is 5.56 Å². The summed E-state index contributed by atoms with van der Waals surface area (Å²) in [4.78, 5) is 14.1. The van der Waals surface area contributed by atoms with Crippen molar-refractivity contribution >= 4 is 5.91 Å². The van der Waals surface area contributed by atoms with E-state index in [-0.39, 0.29) is 31.0 Å². The van der Waals surface area contributed by atoms with Crippen molar-refractivity contribution in [3.8, 4) is 6.07 Å². The fourth-order valence-corrected chi connectivity index (χ4v) is 2.73. The van der Waals surface area contributed by atoms with Crippen LogP contribution in [0.2, 0.25) is 0 Å². The molecule has 0 fully saturated rings. The zero-order valence-electron chi connectivity index (χ0n) is 15.8. The van der Waals surface area contributed by atoms with Gasteiger partial charge in [0.1, 0.15) is 11.6 Å². The fraction of sp³-hybridized carbons (Fsp3) is 0.333. The van der Waals surface area contributed by atoms with Crippen LogP contribution in [0.15, 0.2) is 42.5 Å². The van der Waals surface area contributed by atoms with Crippen LogP contribution in [0.25, 0.3) is 0 Å². The average molecular weight is 387 g/mol. The number of methoxy groups -OCH3 is 1. The van der Waals surface area contributed by atoms with E-state index in [1.165, 1.54) is 18.2 Å². The molecule has 0 atom stereocenters. The molecule has 0 spiro atoms. The SMILES string of the molecule is COCCN(CC(=O)NCCc1c(F)cccc1F)Cc1ccc(C#N)cc1. The number of nitrogens with one attached hydrogen (secondary N) is 1. The summed E-state index contributed by atoms with van der Waals surface area (Å²) in [7, 11) is 1.59. The van der Waals surface area contributed by atoms with Gasteiger partial charge in [-0.2, -0.15) is 5.26 Å². The van der Waals surface area contributed by atoms with E-state index >= 15 is 0 Å². The van der Waals surface area contributed by atoms with Gasteiger partial charge in [0, 0.05) is 32.3 Å². The zero-order valence-corrected chi connectivity index (χ0v) is 15.8. The molecule has 0 bridgehead atoms. The number of halogens is 2. The first-order chi connectivity index (χ1) is 13.5. The quantitative estimate of drug-likeness (QED) is 0.681. The molecule has 1 amide bonds. The van der Waals surface area contributed by atoms with Gasteiger partial charge >= 0.3 is 0 Å². The van der Waals surface area contributed by atoms with Crippen LogP contribution >= 0.6 is 0 Å². The first-order valence-corrected chi connectivity index (χ1v) is 8.93. The minimum Gasteiger partial charge on any atom is -0.383 e. The second-order valence-electron chi connectivity index (χ2n) is 6.31. The Balaban J connectivity index is 1.88. The zero-order chi connectivity index (χ0) is 20.4. The molecule has 1 N–H and O–H groups in total. The molecule has 0 heterocycles. The lowest BCUT2D eigenvalue weighted by atomic mass is 10.1. The number of hydrogen-bond acceptors (Lipinski definition) is 4. The van der Waals surface area contributed by atoms with Crippen molar-refractivity contribution in [3.05, 3.63) is 70.8 Å². The molecule has 0 radical (unpaired) electrons. The number of benzene rings is 2. The van der Waals surface area contributed by atoms with Crippen LogP contribution in [-0.2, 0) is 22.5 Å². The lowest BCUT2D eigenvalue weighted by Gasteiger charge is -2.21. The lowest BCUT2D eigenvalue weighted by Crippen LogP contribution is -2.39. The molecule has 0 saturated heterocycles. The molecule has 2 aromatic rings. The number of carbonyl (C=O) groups is 1. The van der Waals surface area contributed by atoms with E-state index in [2.05, 4.69) is 11.4 Å². The number of carbonyl (C=O) groups excluding carboxylic acids is 1. The molecule has 0 saturated carbocycles. The van der Waals surface area contributed by atoms with E-state index in [0.29, 0.717) is 25.3 Å². The van der Waals surface area contributed by atoms with E-state index in [9.17, 15) is 13.6 Å². The van der Waals surface area contributed by atoms with Gasteiger partial charge in [0.15, 0.2) is 0 Å². The van der Waals surface area contributed by atoms with Gasteiger partial charge in [-0.15, -0.1) is 0 Å². The Kier molecular flexibility index (Phi) is 8.53. The van der Waals surface area contributed by atoms with Crippen molar-refractivity contribution in [1.29, 1.82) is 5.26 Å². The topological polar surface area (TPSA) is 65.4 Å². The van der Waals surface area contributed by atoms with Gasteiger partial charge < -0.3 is 10.1 Å². The Morgan fingerprint density at radius 1 is 1.18 bits per heavy atom. The summed E-state index contributed by atoms with van der Waals surface area (Å²) in [5.74, 6) is -1.46. The van der Waals surface area contributed by atoms with Crippen molar-refractivity contribution in [2.24, 2.45) is 0 Å². The highest BCUT2D eigenvalue weighted by Gasteiger charge is 2.13. The number of nitriles is 1. The van der Waals surface area contributed by atoms with Crippen LogP contribution in [0, 0.1) is 23.0 Å². The molecule has 0 aliphatic heterocycles. The number of ether oxygens (including phenoxy) is 1. The van der Waals surface area contributed by atoms with Crippen LogP contribution in [0.4, 0.5) is 8.78 Å². The third-order valence-corrected chi connectivity index (χ3v) is 4.23. The molecule has 2 rings (SSSR count). The van der Waals surface area contributed by atoms with Gasteiger partial charge in [-0.3, -0.25) is 9.69 Å². The molecule has 2 aromatic carbocycles. The molecule has 0 aliphatic carbocycles. The Morgan fingerprint density at radius 3 is 2.46 bits per heavy atom. The van der Waals surface area contributed by atoms with Gasteiger partial charge in [0.05, 0.1) is 24.8 Å². The number of rotatable bonds is 10. The van der Waals surface area contributed by atoms with Gasteiger partial charge in [-0.05, 0) is 36.2 Å². The standard InChI is InChI=1S/C21H23F2N3O2/c1-28-12-11-26(14-17-7-5-16(13-24)6-8-17)15-21(27)25-10-9-18-19(22)3-2-4-20(18)23/h2-8H,9-12,14-15H2,1H3,(H,25,27). The summed E-state index contributed by atoms with van der Waals surface area (Å²) in [6.07, 6.45) is 0.0813. The Bertz CT molecular complexity index is 799. The number of nitrogens with zero attached hydrogens (tertiary/aromatic N) is 2. The van der Waals surface area contributed by atoms with E-state index < -0.39 is 11.6 Å². The third kappa shape index (κ3) is 6.72. The molecule has 5 nitrogen and oxygen atoms in total. The van der Waals surface area contributed by atoms with Gasteiger partial charge in [0.2, 0.25) is 5.91 Å². The summed E-state index contributed by atoms with van der Waals surface area (Å²) < 4.78 is 32.3. The highest BCUT2D eigenvalue weighted by atomic mass is 19.1. The van der Waals surface area contributed by atoms with Crippen LogP contribution in [0.3, 0.4) is 0 Å². The Morgan fingerprint density at radius 2 is 1.86 bits per heavy atom. The molecular weight excluding hydrogens is 364 g/mol. The minimum atomic E-state index is -0.614. The lowest BCUT2D eigenvalue weighted by molar-refractivity contribution is -0.122. The fourth-order valence-electron chi connectivity index (χ4n) is 2.73. The van der Waals surface area contributed by atoms with Crippen LogP contribution in [-0.4, -0.2) is 44.2 Å². The maximum atomic E-state index is 13.6.